The van der Waals surface area contributed by atoms with Crippen LogP contribution >= 0.6 is 11.3 Å². The highest BCUT2D eigenvalue weighted by atomic mass is 32.1. The Morgan fingerprint density at radius 1 is 1.47 bits per heavy atom. The molecule has 2 atom stereocenters. The van der Waals surface area contributed by atoms with Crippen LogP contribution < -0.4 is 10.6 Å². The number of hydrogen-bond donors (Lipinski definition) is 2. The van der Waals surface area contributed by atoms with Crippen LogP contribution in [-0.4, -0.2) is 25.2 Å². The number of piperidine rings is 1. The average molecular weight is 280 g/mol. The Balaban J connectivity index is 1.75. The van der Waals surface area contributed by atoms with Crippen molar-refractivity contribution in [2.45, 2.75) is 64.0 Å². The Kier molecular flexibility index (Phi) is 5.43. The largest absolute Gasteiger partial charge is 0.314 e. The van der Waals surface area contributed by atoms with E-state index < -0.39 is 0 Å². The lowest BCUT2D eigenvalue weighted by molar-refractivity contribution is 0.332. The molecule has 0 saturated carbocycles. The molecular formula is C16H28N2S. The van der Waals surface area contributed by atoms with Crippen molar-refractivity contribution in [3.63, 3.8) is 0 Å². The van der Waals surface area contributed by atoms with Crippen molar-refractivity contribution in [1.29, 1.82) is 0 Å². The second-order valence-corrected chi connectivity index (χ2v) is 7.47. The van der Waals surface area contributed by atoms with Crippen molar-refractivity contribution in [1.82, 2.24) is 10.6 Å². The Bertz CT molecular complexity index is 353. The Hall–Kier alpha value is -0.380. The zero-order chi connectivity index (χ0) is 13.7. The summed E-state index contributed by atoms with van der Waals surface area (Å²) in [6.07, 6.45) is 5.34. The molecule has 1 saturated heterocycles. The van der Waals surface area contributed by atoms with Crippen LogP contribution in [0.25, 0.3) is 0 Å². The SMILES string of the molecule is CC(CC1CCCCN1)NCC(C)(C)c1cccs1. The first-order valence-corrected chi connectivity index (χ1v) is 8.46. The third-order valence-electron chi connectivity index (χ3n) is 4.13. The molecule has 0 radical (unpaired) electrons. The lowest BCUT2D eigenvalue weighted by Crippen LogP contribution is -2.43. The Morgan fingerprint density at radius 3 is 2.95 bits per heavy atom. The summed E-state index contributed by atoms with van der Waals surface area (Å²) in [5, 5.41) is 9.53. The maximum atomic E-state index is 3.73. The highest BCUT2D eigenvalue weighted by Crippen LogP contribution is 2.26. The molecule has 108 valence electrons. The zero-order valence-electron chi connectivity index (χ0n) is 12.5. The normalized spacial score (nSPS) is 22.4. The van der Waals surface area contributed by atoms with Crippen LogP contribution in [-0.2, 0) is 5.41 Å². The minimum atomic E-state index is 0.239. The van der Waals surface area contributed by atoms with Crippen LogP contribution in [0.3, 0.4) is 0 Å². The molecule has 1 aliphatic rings. The van der Waals surface area contributed by atoms with Gasteiger partial charge in [-0.15, -0.1) is 11.3 Å². The summed E-state index contributed by atoms with van der Waals surface area (Å²) in [5.41, 5.74) is 0.239. The van der Waals surface area contributed by atoms with Crippen molar-refractivity contribution in [3.8, 4) is 0 Å². The second kappa shape index (κ2) is 6.87. The summed E-state index contributed by atoms with van der Waals surface area (Å²) in [4.78, 5) is 1.47. The lowest BCUT2D eigenvalue weighted by atomic mass is 9.90. The molecule has 2 N–H and O–H groups in total. The molecule has 2 unspecified atom stereocenters. The van der Waals surface area contributed by atoms with Crippen molar-refractivity contribution in [3.05, 3.63) is 22.4 Å². The molecule has 1 aromatic rings. The van der Waals surface area contributed by atoms with Gasteiger partial charge in [-0.3, -0.25) is 0 Å². The molecule has 2 heterocycles. The summed E-state index contributed by atoms with van der Waals surface area (Å²) in [6.45, 7) is 9.25. The van der Waals surface area contributed by atoms with Crippen LogP contribution in [0.4, 0.5) is 0 Å². The molecular weight excluding hydrogens is 252 g/mol. The van der Waals surface area contributed by atoms with Crippen molar-refractivity contribution >= 4 is 11.3 Å². The molecule has 0 aromatic carbocycles. The van der Waals surface area contributed by atoms with E-state index in [9.17, 15) is 0 Å². The predicted octanol–water partition coefficient (Wildman–Crippen LogP) is 3.54. The van der Waals surface area contributed by atoms with Gasteiger partial charge in [0.2, 0.25) is 0 Å². The van der Waals surface area contributed by atoms with E-state index in [-0.39, 0.29) is 5.41 Å². The van der Waals surface area contributed by atoms with E-state index in [0.29, 0.717) is 6.04 Å². The van der Waals surface area contributed by atoms with E-state index in [1.807, 2.05) is 11.3 Å². The second-order valence-electron chi connectivity index (χ2n) is 6.53. The van der Waals surface area contributed by atoms with Gasteiger partial charge in [0.1, 0.15) is 0 Å². The van der Waals surface area contributed by atoms with E-state index in [1.54, 1.807) is 0 Å². The fourth-order valence-corrected chi connectivity index (χ4v) is 3.67. The van der Waals surface area contributed by atoms with Crippen molar-refractivity contribution < 1.29 is 0 Å². The third kappa shape index (κ3) is 4.59. The maximum Gasteiger partial charge on any atom is 0.0115 e. The molecule has 1 fully saturated rings. The fourth-order valence-electron chi connectivity index (χ4n) is 2.82. The zero-order valence-corrected chi connectivity index (χ0v) is 13.4. The molecule has 1 aliphatic heterocycles. The van der Waals surface area contributed by atoms with Crippen LogP contribution in [0.15, 0.2) is 17.5 Å². The van der Waals surface area contributed by atoms with Gasteiger partial charge in [-0.2, -0.15) is 0 Å². The van der Waals surface area contributed by atoms with E-state index in [2.05, 4.69) is 48.9 Å². The van der Waals surface area contributed by atoms with Crippen LogP contribution in [0, 0.1) is 0 Å². The van der Waals surface area contributed by atoms with Gasteiger partial charge in [-0.25, -0.2) is 0 Å². The molecule has 0 aliphatic carbocycles. The summed E-state index contributed by atoms with van der Waals surface area (Å²) in [7, 11) is 0. The molecule has 2 rings (SSSR count). The van der Waals surface area contributed by atoms with Crippen LogP contribution in [0.2, 0.25) is 0 Å². The van der Waals surface area contributed by atoms with E-state index >= 15 is 0 Å². The molecule has 1 aromatic heterocycles. The highest BCUT2D eigenvalue weighted by molar-refractivity contribution is 7.10. The fraction of sp³-hybridized carbons (Fsp3) is 0.750. The van der Waals surface area contributed by atoms with Crippen molar-refractivity contribution in [2.75, 3.05) is 13.1 Å². The lowest BCUT2D eigenvalue weighted by Gasteiger charge is -2.30. The van der Waals surface area contributed by atoms with Crippen LogP contribution in [0.1, 0.15) is 51.3 Å². The smallest absolute Gasteiger partial charge is 0.0115 e. The first kappa shape index (κ1) is 15.0. The summed E-state index contributed by atoms with van der Waals surface area (Å²) >= 11 is 1.86. The van der Waals surface area contributed by atoms with Gasteiger partial charge in [0.25, 0.3) is 0 Å². The Labute approximate surface area is 122 Å². The van der Waals surface area contributed by atoms with Gasteiger partial charge in [-0.1, -0.05) is 26.3 Å². The summed E-state index contributed by atoms with van der Waals surface area (Å²) < 4.78 is 0. The predicted molar refractivity (Wildman–Crippen MR) is 85.1 cm³/mol. The quantitative estimate of drug-likeness (QED) is 0.833. The molecule has 3 heteroatoms. The number of nitrogens with one attached hydrogen (secondary N) is 2. The number of hydrogen-bond acceptors (Lipinski definition) is 3. The number of rotatable bonds is 6. The first-order chi connectivity index (χ1) is 9.08. The Morgan fingerprint density at radius 2 is 2.32 bits per heavy atom. The van der Waals surface area contributed by atoms with Gasteiger partial charge >= 0.3 is 0 Å². The van der Waals surface area contributed by atoms with Gasteiger partial charge in [0.15, 0.2) is 0 Å². The average Bonchev–Trinajstić information content (AvgIpc) is 2.92. The van der Waals surface area contributed by atoms with Crippen LogP contribution in [0.5, 0.6) is 0 Å². The minimum absolute atomic E-state index is 0.239. The summed E-state index contributed by atoms with van der Waals surface area (Å²) in [6, 6.07) is 5.72. The maximum absolute atomic E-state index is 3.73. The molecule has 0 amide bonds. The van der Waals surface area contributed by atoms with Gasteiger partial charge in [0, 0.05) is 28.9 Å². The third-order valence-corrected chi connectivity index (χ3v) is 5.37. The minimum Gasteiger partial charge on any atom is -0.314 e. The molecule has 19 heavy (non-hydrogen) atoms. The first-order valence-electron chi connectivity index (χ1n) is 7.59. The van der Waals surface area contributed by atoms with Gasteiger partial charge in [-0.05, 0) is 44.2 Å². The number of thiophene rings is 1. The van der Waals surface area contributed by atoms with Crippen molar-refractivity contribution in [2.24, 2.45) is 0 Å². The van der Waals surface area contributed by atoms with E-state index in [4.69, 9.17) is 0 Å². The van der Waals surface area contributed by atoms with E-state index in [0.717, 1.165) is 12.6 Å². The topological polar surface area (TPSA) is 24.1 Å². The molecule has 0 spiro atoms. The standard InChI is InChI=1S/C16H28N2S/c1-13(11-14-7-4-5-9-17-14)18-12-16(2,3)15-8-6-10-19-15/h6,8,10,13-14,17-18H,4-5,7,9,11-12H2,1-3H3. The van der Waals surface area contributed by atoms with Gasteiger partial charge in [0.05, 0.1) is 0 Å². The molecule has 2 nitrogen and oxygen atoms in total. The molecule has 0 bridgehead atoms. The van der Waals surface area contributed by atoms with E-state index in [1.165, 1.54) is 37.1 Å². The summed E-state index contributed by atoms with van der Waals surface area (Å²) in [5.74, 6) is 0. The highest BCUT2D eigenvalue weighted by Gasteiger charge is 2.23. The van der Waals surface area contributed by atoms with Gasteiger partial charge < -0.3 is 10.6 Å². The monoisotopic (exact) mass is 280 g/mol.